The standard InChI is InChI=1S/C13H24N2O4/c1-3-5-6-7-12(17)15(4-2)10(13(18)19)8-9-11(14)16/h10H,3-9H2,1-2H3,(H2,14,16)(H,18,19). The van der Waals surface area contributed by atoms with E-state index in [1.165, 1.54) is 4.90 Å². The molecule has 110 valence electrons. The number of carboxylic acid groups (broad SMARTS) is 1. The molecule has 0 heterocycles. The molecular weight excluding hydrogens is 248 g/mol. The number of carboxylic acids is 1. The molecule has 0 rings (SSSR count). The van der Waals surface area contributed by atoms with Gasteiger partial charge in [0, 0.05) is 19.4 Å². The van der Waals surface area contributed by atoms with Gasteiger partial charge in [-0.25, -0.2) is 4.79 Å². The summed E-state index contributed by atoms with van der Waals surface area (Å²) in [5.41, 5.74) is 5.02. The first-order valence-electron chi connectivity index (χ1n) is 6.74. The van der Waals surface area contributed by atoms with Crippen molar-refractivity contribution in [3.05, 3.63) is 0 Å². The van der Waals surface area contributed by atoms with Crippen LogP contribution >= 0.6 is 0 Å². The maximum Gasteiger partial charge on any atom is 0.326 e. The van der Waals surface area contributed by atoms with Crippen LogP contribution in [-0.4, -0.2) is 40.4 Å². The predicted molar refractivity (Wildman–Crippen MR) is 71.4 cm³/mol. The Morgan fingerprint density at radius 3 is 2.21 bits per heavy atom. The van der Waals surface area contributed by atoms with Gasteiger partial charge in [0.2, 0.25) is 11.8 Å². The van der Waals surface area contributed by atoms with Crippen LogP contribution in [-0.2, 0) is 14.4 Å². The molecule has 0 aliphatic rings. The van der Waals surface area contributed by atoms with Crippen molar-refractivity contribution in [1.29, 1.82) is 0 Å². The average Bonchev–Trinajstić information content (AvgIpc) is 2.33. The van der Waals surface area contributed by atoms with E-state index in [-0.39, 0.29) is 18.7 Å². The van der Waals surface area contributed by atoms with Gasteiger partial charge in [-0.3, -0.25) is 9.59 Å². The van der Waals surface area contributed by atoms with Gasteiger partial charge in [-0.1, -0.05) is 19.8 Å². The molecule has 1 unspecified atom stereocenters. The van der Waals surface area contributed by atoms with E-state index in [0.717, 1.165) is 19.3 Å². The normalized spacial score (nSPS) is 11.9. The maximum absolute atomic E-state index is 12.0. The summed E-state index contributed by atoms with van der Waals surface area (Å²) >= 11 is 0. The van der Waals surface area contributed by atoms with Gasteiger partial charge in [-0.2, -0.15) is 0 Å². The first-order chi connectivity index (χ1) is 8.93. The van der Waals surface area contributed by atoms with Gasteiger partial charge in [0.25, 0.3) is 0 Å². The molecule has 0 aromatic rings. The Labute approximate surface area is 113 Å². The van der Waals surface area contributed by atoms with Crippen molar-refractivity contribution in [3.8, 4) is 0 Å². The van der Waals surface area contributed by atoms with E-state index < -0.39 is 17.9 Å². The molecule has 0 aromatic carbocycles. The second-order valence-corrected chi connectivity index (χ2v) is 4.50. The third-order valence-electron chi connectivity index (χ3n) is 2.98. The van der Waals surface area contributed by atoms with Gasteiger partial charge >= 0.3 is 5.97 Å². The number of rotatable bonds is 10. The summed E-state index contributed by atoms with van der Waals surface area (Å²) in [5.74, 6) is -1.82. The molecule has 0 aliphatic heterocycles. The molecule has 0 aromatic heterocycles. The highest BCUT2D eigenvalue weighted by molar-refractivity contribution is 5.84. The van der Waals surface area contributed by atoms with E-state index in [2.05, 4.69) is 0 Å². The van der Waals surface area contributed by atoms with Crippen LogP contribution in [0.4, 0.5) is 0 Å². The van der Waals surface area contributed by atoms with E-state index >= 15 is 0 Å². The quantitative estimate of drug-likeness (QED) is 0.582. The van der Waals surface area contributed by atoms with Gasteiger partial charge in [-0.15, -0.1) is 0 Å². The number of hydrogen-bond acceptors (Lipinski definition) is 3. The van der Waals surface area contributed by atoms with E-state index in [4.69, 9.17) is 10.8 Å². The Morgan fingerprint density at radius 1 is 1.16 bits per heavy atom. The summed E-state index contributed by atoms with van der Waals surface area (Å²) < 4.78 is 0. The van der Waals surface area contributed by atoms with Gasteiger partial charge in [0.1, 0.15) is 6.04 Å². The Balaban J connectivity index is 4.59. The molecule has 2 amide bonds. The van der Waals surface area contributed by atoms with Gasteiger partial charge < -0.3 is 15.7 Å². The smallest absolute Gasteiger partial charge is 0.326 e. The first-order valence-corrected chi connectivity index (χ1v) is 6.74. The van der Waals surface area contributed by atoms with Crippen LogP contribution in [0.2, 0.25) is 0 Å². The van der Waals surface area contributed by atoms with Crippen molar-refractivity contribution in [2.24, 2.45) is 5.73 Å². The minimum absolute atomic E-state index is 0.0320. The van der Waals surface area contributed by atoms with Gasteiger partial charge in [-0.05, 0) is 19.8 Å². The SMILES string of the molecule is CCCCCC(=O)N(CC)C(CCC(N)=O)C(=O)O. The Morgan fingerprint density at radius 2 is 1.79 bits per heavy atom. The lowest BCUT2D eigenvalue weighted by molar-refractivity contribution is -0.150. The summed E-state index contributed by atoms with van der Waals surface area (Å²) in [6.45, 7) is 4.09. The van der Waals surface area contributed by atoms with Crippen LogP contribution in [0.5, 0.6) is 0 Å². The Bertz CT molecular complexity index is 318. The molecule has 0 bridgehead atoms. The molecule has 6 nitrogen and oxygen atoms in total. The molecule has 3 N–H and O–H groups in total. The van der Waals surface area contributed by atoms with Crippen LogP contribution in [0.3, 0.4) is 0 Å². The molecule has 6 heteroatoms. The molecule has 0 fully saturated rings. The van der Waals surface area contributed by atoms with Crippen molar-refractivity contribution in [1.82, 2.24) is 4.90 Å². The number of unbranched alkanes of at least 4 members (excludes halogenated alkanes) is 2. The van der Waals surface area contributed by atoms with Gasteiger partial charge in [0.15, 0.2) is 0 Å². The molecule has 19 heavy (non-hydrogen) atoms. The second-order valence-electron chi connectivity index (χ2n) is 4.50. The molecular formula is C13H24N2O4. The van der Waals surface area contributed by atoms with E-state index in [9.17, 15) is 14.4 Å². The van der Waals surface area contributed by atoms with E-state index in [0.29, 0.717) is 13.0 Å². The summed E-state index contributed by atoms with van der Waals surface area (Å²) in [6, 6.07) is -0.966. The number of nitrogens with two attached hydrogens (primary N) is 1. The van der Waals surface area contributed by atoms with Crippen molar-refractivity contribution >= 4 is 17.8 Å². The molecule has 1 atom stereocenters. The number of amides is 2. The minimum Gasteiger partial charge on any atom is -0.480 e. The fourth-order valence-electron chi connectivity index (χ4n) is 1.93. The number of nitrogens with zero attached hydrogens (tertiary/aromatic N) is 1. The van der Waals surface area contributed by atoms with Crippen LogP contribution in [0.15, 0.2) is 0 Å². The molecule has 0 spiro atoms. The topological polar surface area (TPSA) is 101 Å². The Kier molecular flexibility index (Phi) is 8.57. The minimum atomic E-state index is -1.09. The second kappa shape index (κ2) is 9.35. The van der Waals surface area contributed by atoms with Crippen molar-refractivity contribution in [2.45, 2.75) is 58.4 Å². The molecule has 0 saturated carbocycles. The highest BCUT2D eigenvalue weighted by Gasteiger charge is 2.28. The van der Waals surface area contributed by atoms with E-state index in [1.807, 2.05) is 6.92 Å². The fourth-order valence-corrected chi connectivity index (χ4v) is 1.93. The van der Waals surface area contributed by atoms with Gasteiger partial charge in [0.05, 0.1) is 0 Å². The zero-order valence-corrected chi connectivity index (χ0v) is 11.7. The molecule has 0 radical (unpaired) electrons. The zero-order valence-electron chi connectivity index (χ0n) is 11.7. The maximum atomic E-state index is 12.0. The Hall–Kier alpha value is -1.59. The first kappa shape index (κ1) is 17.4. The number of aliphatic carboxylic acids is 1. The van der Waals surface area contributed by atoms with Crippen LogP contribution in [0.25, 0.3) is 0 Å². The lowest BCUT2D eigenvalue weighted by Crippen LogP contribution is -2.45. The number of carbonyl (C=O) groups is 3. The predicted octanol–water partition coefficient (Wildman–Crippen LogP) is 1.13. The zero-order chi connectivity index (χ0) is 14.8. The van der Waals surface area contributed by atoms with Crippen LogP contribution in [0.1, 0.15) is 52.4 Å². The summed E-state index contributed by atoms with van der Waals surface area (Å²) in [5, 5.41) is 9.16. The highest BCUT2D eigenvalue weighted by atomic mass is 16.4. The lowest BCUT2D eigenvalue weighted by Gasteiger charge is -2.27. The van der Waals surface area contributed by atoms with Crippen molar-refractivity contribution < 1.29 is 19.5 Å². The van der Waals surface area contributed by atoms with E-state index in [1.54, 1.807) is 6.92 Å². The summed E-state index contributed by atoms with van der Waals surface area (Å²) in [6.07, 6.45) is 3.09. The van der Waals surface area contributed by atoms with Crippen molar-refractivity contribution in [2.75, 3.05) is 6.54 Å². The highest BCUT2D eigenvalue weighted by Crippen LogP contribution is 2.11. The number of primary amides is 1. The van der Waals surface area contributed by atoms with Crippen molar-refractivity contribution in [3.63, 3.8) is 0 Å². The average molecular weight is 272 g/mol. The third-order valence-corrected chi connectivity index (χ3v) is 2.98. The monoisotopic (exact) mass is 272 g/mol. The number of carbonyl (C=O) groups excluding carboxylic acids is 2. The lowest BCUT2D eigenvalue weighted by atomic mass is 10.1. The van der Waals surface area contributed by atoms with Crippen LogP contribution in [0, 0.1) is 0 Å². The largest absolute Gasteiger partial charge is 0.480 e. The number of likely N-dealkylation sites (N-methyl/N-ethyl adjacent to an activating group) is 1. The molecule has 0 saturated heterocycles. The summed E-state index contributed by atoms with van der Waals surface area (Å²) in [7, 11) is 0. The number of hydrogen-bond donors (Lipinski definition) is 2. The third kappa shape index (κ3) is 6.79. The molecule has 0 aliphatic carbocycles. The summed E-state index contributed by atoms with van der Waals surface area (Å²) in [4.78, 5) is 35.3. The fraction of sp³-hybridized carbons (Fsp3) is 0.769. The van der Waals surface area contributed by atoms with Crippen LogP contribution < -0.4 is 5.73 Å².